The Bertz CT molecular complexity index is 585. The maximum atomic E-state index is 12.1. The molecule has 1 unspecified atom stereocenters. The molecule has 3 aliphatic rings. The number of nitrogens with one attached hydrogen (secondary N) is 3. The summed E-state index contributed by atoms with van der Waals surface area (Å²) in [4.78, 5) is 32.8. The number of amides is 3. The summed E-state index contributed by atoms with van der Waals surface area (Å²) in [7, 11) is 4.02. The first-order valence-electron chi connectivity index (χ1n) is 10.2. The Kier molecular flexibility index (Phi) is 8.35. The van der Waals surface area contributed by atoms with Crippen LogP contribution in [-0.4, -0.2) is 80.1 Å². The van der Waals surface area contributed by atoms with E-state index in [0.717, 1.165) is 44.4 Å². The zero-order chi connectivity index (χ0) is 19.4. The third-order valence-corrected chi connectivity index (χ3v) is 6.57. The lowest BCUT2D eigenvalue weighted by molar-refractivity contribution is -0.125. The number of piperidine rings is 2. The normalized spacial score (nSPS) is 28.0. The van der Waals surface area contributed by atoms with Gasteiger partial charge in [0.05, 0.1) is 0 Å². The van der Waals surface area contributed by atoms with Gasteiger partial charge in [0.15, 0.2) is 5.96 Å². The lowest BCUT2D eigenvalue weighted by Crippen LogP contribution is -2.55. The summed E-state index contributed by atoms with van der Waals surface area (Å²) in [5.41, 5.74) is -0.783. The number of rotatable bonds is 4. The van der Waals surface area contributed by atoms with Gasteiger partial charge in [0.1, 0.15) is 5.54 Å². The molecule has 160 valence electrons. The van der Waals surface area contributed by atoms with Crippen molar-refractivity contribution < 1.29 is 9.59 Å². The van der Waals surface area contributed by atoms with E-state index in [4.69, 9.17) is 0 Å². The van der Waals surface area contributed by atoms with Crippen LogP contribution in [0.25, 0.3) is 0 Å². The van der Waals surface area contributed by atoms with Crippen LogP contribution in [0.3, 0.4) is 0 Å². The van der Waals surface area contributed by atoms with Gasteiger partial charge in [-0.25, -0.2) is 4.79 Å². The Labute approximate surface area is 185 Å². The number of imide groups is 1. The van der Waals surface area contributed by atoms with E-state index in [0.29, 0.717) is 0 Å². The summed E-state index contributed by atoms with van der Waals surface area (Å²) < 4.78 is 0. The first-order chi connectivity index (χ1) is 12.9. The van der Waals surface area contributed by atoms with E-state index in [9.17, 15) is 9.59 Å². The van der Waals surface area contributed by atoms with Crippen LogP contribution in [0.1, 0.15) is 39.0 Å². The highest BCUT2D eigenvalue weighted by Gasteiger charge is 2.48. The summed E-state index contributed by atoms with van der Waals surface area (Å²) in [6, 6.07) is -0.378. The highest BCUT2D eigenvalue weighted by molar-refractivity contribution is 14.0. The van der Waals surface area contributed by atoms with Crippen LogP contribution in [0.5, 0.6) is 0 Å². The Balaban J connectivity index is 0.00000280. The Hall–Kier alpha value is -1.10. The molecule has 0 bridgehead atoms. The average molecular weight is 506 g/mol. The Morgan fingerprint density at radius 2 is 1.82 bits per heavy atom. The number of carbonyl (C=O) groups excluding carboxylic acids is 2. The smallest absolute Gasteiger partial charge is 0.322 e. The minimum Gasteiger partial charge on any atom is -0.356 e. The van der Waals surface area contributed by atoms with Gasteiger partial charge in [0, 0.05) is 26.7 Å². The third-order valence-electron chi connectivity index (χ3n) is 6.57. The van der Waals surface area contributed by atoms with Gasteiger partial charge in [-0.2, -0.15) is 0 Å². The van der Waals surface area contributed by atoms with Crippen molar-refractivity contribution in [2.24, 2.45) is 16.8 Å². The number of aliphatic imine (C=N–C) groups is 1. The summed E-state index contributed by atoms with van der Waals surface area (Å²) in [6.45, 7) is 6.89. The molecule has 0 aliphatic carbocycles. The molecule has 3 amide bonds. The van der Waals surface area contributed by atoms with Gasteiger partial charge >= 0.3 is 6.03 Å². The van der Waals surface area contributed by atoms with Crippen LogP contribution >= 0.6 is 24.0 Å². The molecule has 3 saturated heterocycles. The van der Waals surface area contributed by atoms with Crippen molar-refractivity contribution in [2.45, 2.75) is 44.6 Å². The highest BCUT2D eigenvalue weighted by atomic mass is 127. The van der Waals surface area contributed by atoms with Gasteiger partial charge < -0.3 is 20.4 Å². The lowest BCUT2D eigenvalue weighted by atomic mass is 9.79. The first kappa shape index (κ1) is 23.2. The standard InChI is InChI=1S/C19H34N6O2.HI/c1-19(16(26)22-18(27)23-19)15-7-12-25(13-8-15)17(20-2)21-9-4-14-5-10-24(3)11-6-14;/h14-15H,4-13H2,1-3H3,(H,20,21)(H2,22,23,26,27);1H. The molecule has 0 radical (unpaired) electrons. The lowest BCUT2D eigenvalue weighted by Gasteiger charge is -2.39. The van der Waals surface area contributed by atoms with Crippen LogP contribution in [0.2, 0.25) is 0 Å². The topological polar surface area (TPSA) is 89.1 Å². The van der Waals surface area contributed by atoms with E-state index >= 15 is 0 Å². The summed E-state index contributed by atoms with van der Waals surface area (Å²) in [5, 5.41) is 8.70. The van der Waals surface area contributed by atoms with Gasteiger partial charge in [0.25, 0.3) is 5.91 Å². The second-order valence-electron chi connectivity index (χ2n) is 8.38. The number of carbonyl (C=O) groups is 2. The van der Waals surface area contributed by atoms with Crippen LogP contribution in [0.15, 0.2) is 4.99 Å². The Morgan fingerprint density at radius 1 is 1.18 bits per heavy atom. The molecule has 3 heterocycles. The number of guanidine groups is 1. The maximum absolute atomic E-state index is 12.1. The van der Waals surface area contributed by atoms with Gasteiger partial charge in [-0.15, -0.1) is 24.0 Å². The second-order valence-corrected chi connectivity index (χ2v) is 8.38. The van der Waals surface area contributed by atoms with Crippen LogP contribution < -0.4 is 16.0 Å². The number of hydrogen-bond donors (Lipinski definition) is 3. The molecule has 1 atom stereocenters. The molecule has 8 nitrogen and oxygen atoms in total. The molecular weight excluding hydrogens is 471 g/mol. The van der Waals surface area contributed by atoms with E-state index < -0.39 is 5.54 Å². The van der Waals surface area contributed by atoms with Crippen molar-refractivity contribution in [3.63, 3.8) is 0 Å². The van der Waals surface area contributed by atoms with Crippen LogP contribution in [-0.2, 0) is 4.79 Å². The van der Waals surface area contributed by atoms with Crippen molar-refractivity contribution in [3.8, 4) is 0 Å². The quantitative estimate of drug-likeness (QED) is 0.231. The molecule has 0 aromatic rings. The molecule has 28 heavy (non-hydrogen) atoms. The molecule has 3 N–H and O–H groups in total. The maximum Gasteiger partial charge on any atom is 0.322 e. The fraction of sp³-hybridized carbons (Fsp3) is 0.842. The van der Waals surface area contributed by atoms with E-state index in [1.807, 2.05) is 14.0 Å². The molecule has 9 heteroatoms. The van der Waals surface area contributed by atoms with Crippen LogP contribution in [0.4, 0.5) is 4.79 Å². The molecular formula is C19H35IN6O2. The van der Waals surface area contributed by atoms with E-state index in [1.165, 1.54) is 32.4 Å². The minimum atomic E-state index is -0.783. The number of hydrogen-bond acceptors (Lipinski definition) is 4. The predicted octanol–water partition coefficient (Wildman–Crippen LogP) is 1.22. The molecule has 3 rings (SSSR count). The number of likely N-dealkylation sites (tertiary alicyclic amines) is 2. The number of urea groups is 1. The molecule has 0 aromatic heterocycles. The van der Waals surface area contributed by atoms with Crippen molar-refractivity contribution in [1.82, 2.24) is 25.8 Å². The first-order valence-corrected chi connectivity index (χ1v) is 10.2. The zero-order valence-electron chi connectivity index (χ0n) is 17.3. The SMILES string of the molecule is CN=C(NCCC1CCN(C)CC1)N1CCC(C2(C)NC(=O)NC2=O)CC1.I. The number of halogens is 1. The molecule has 0 aromatic carbocycles. The van der Waals surface area contributed by atoms with E-state index in [1.54, 1.807) is 0 Å². The summed E-state index contributed by atoms with van der Waals surface area (Å²) in [5.74, 6) is 1.71. The van der Waals surface area contributed by atoms with Crippen molar-refractivity contribution >= 4 is 41.9 Å². The molecule has 3 fully saturated rings. The molecule has 0 spiro atoms. The van der Waals surface area contributed by atoms with Gasteiger partial charge in [-0.1, -0.05) is 0 Å². The van der Waals surface area contributed by atoms with Crippen molar-refractivity contribution in [3.05, 3.63) is 0 Å². The number of nitrogens with zero attached hydrogens (tertiary/aromatic N) is 3. The van der Waals surface area contributed by atoms with Crippen molar-refractivity contribution in [2.75, 3.05) is 46.8 Å². The predicted molar refractivity (Wildman–Crippen MR) is 121 cm³/mol. The summed E-state index contributed by atoms with van der Waals surface area (Å²) >= 11 is 0. The Morgan fingerprint density at radius 3 is 2.36 bits per heavy atom. The van der Waals surface area contributed by atoms with Crippen molar-refractivity contribution in [1.29, 1.82) is 0 Å². The monoisotopic (exact) mass is 506 g/mol. The van der Waals surface area contributed by atoms with Gasteiger partial charge in [-0.3, -0.25) is 15.1 Å². The third kappa shape index (κ3) is 5.28. The van der Waals surface area contributed by atoms with Gasteiger partial charge in [0.2, 0.25) is 0 Å². The summed E-state index contributed by atoms with van der Waals surface area (Å²) in [6.07, 6.45) is 5.48. The second kappa shape index (κ2) is 10.1. The minimum absolute atomic E-state index is 0. The van der Waals surface area contributed by atoms with E-state index in [-0.39, 0.29) is 41.8 Å². The fourth-order valence-electron chi connectivity index (χ4n) is 4.58. The fourth-order valence-corrected chi connectivity index (χ4v) is 4.58. The average Bonchev–Trinajstić information content (AvgIpc) is 2.93. The largest absolute Gasteiger partial charge is 0.356 e. The molecule has 3 aliphatic heterocycles. The highest BCUT2D eigenvalue weighted by Crippen LogP contribution is 2.30. The van der Waals surface area contributed by atoms with Crippen LogP contribution in [0, 0.1) is 11.8 Å². The van der Waals surface area contributed by atoms with Gasteiger partial charge in [-0.05, 0) is 71.0 Å². The molecule has 0 saturated carbocycles. The zero-order valence-corrected chi connectivity index (χ0v) is 19.6. The van der Waals surface area contributed by atoms with E-state index in [2.05, 4.69) is 37.8 Å².